The van der Waals surface area contributed by atoms with Gasteiger partial charge in [-0.15, -0.1) is 0 Å². The van der Waals surface area contributed by atoms with Gasteiger partial charge in [0.05, 0.1) is 12.3 Å². The van der Waals surface area contributed by atoms with Gasteiger partial charge in [0.2, 0.25) is 0 Å². The van der Waals surface area contributed by atoms with Crippen LogP contribution < -0.4 is 0 Å². The molecule has 0 bridgehead atoms. The van der Waals surface area contributed by atoms with E-state index in [1.54, 1.807) is 24.3 Å². The van der Waals surface area contributed by atoms with Gasteiger partial charge in [-0.05, 0) is 29.7 Å². The predicted molar refractivity (Wildman–Crippen MR) is 104 cm³/mol. The summed E-state index contributed by atoms with van der Waals surface area (Å²) in [4.78, 5) is 17.8. The second kappa shape index (κ2) is 8.55. The minimum absolute atomic E-state index is 0.193. The highest BCUT2D eigenvalue weighted by atomic mass is 35.5. The lowest BCUT2D eigenvalue weighted by Crippen LogP contribution is -2.46. The topological polar surface area (TPSA) is 68.1 Å². The number of aliphatic carboxylic acids is 1. The van der Waals surface area contributed by atoms with Crippen molar-refractivity contribution in [3.63, 3.8) is 0 Å². The van der Waals surface area contributed by atoms with Crippen molar-refractivity contribution >= 4 is 23.3 Å². The summed E-state index contributed by atoms with van der Waals surface area (Å²) >= 11 is 6.00. The molecule has 2 aromatic rings. The van der Waals surface area contributed by atoms with Crippen LogP contribution in [0.2, 0.25) is 5.02 Å². The fourth-order valence-corrected chi connectivity index (χ4v) is 3.32. The molecule has 0 aliphatic carbocycles. The Morgan fingerprint density at radius 3 is 2.59 bits per heavy atom. The minimum Gasteiger partial charge on any atom is -0.478 e. The summed E-state index contributed by atoms with van der Waals surface area (Å²) in [5.41, 5.74) is 0.783. The number of hydrogen-bond donors (Lipinski definition) is 1. The van der Waals surface area contributed by atoms with E-state index in [0.29, 0.717) is 17.0 Å². The number of rotatable bonds is 8. The molecule has 27 heavy (non-hydrogen) atoms. The van der Waals surface area contributed by atoms with Crippen LogP contribution in [0.25, 0.3) is 0 Å². The van der Waals surface area contributed by atoms with Crippen molar-refractivity contribution in [3.05, 3.63) is 70.7 Å². The van der Waals surface area contributed by atoms with Gasteiger partial charge in [-0.25, -0.2) is 4.79 Å². The lowest BCUT2D eigenvalue weighted by atomic mass is 9.85. The number of benzene rings is 2. The molecule has 0 fully saturated rings. The molecular weight excluding hydrogens is 366 g/mol. The van der Waals surface area contributed by atoms with Gasteiger partial charge in [-0.1, -0.05) is 72.6 Å². The van der Waals surface area contributed by atoms with E-state index >= 15 is 0 Å². The first kappa shape index (κ1) is 19.4. The van der Waals surface area contributed by atoms with Gasteiger partial charge in [0.15, 0.2) is 0 Å². The molecule has 0 amide bonds. The van der Waals surface area contributed by atoms with Crippen LogP contribution >= 0.6 is 11.6 Å². The Labute approximate surface area is 163 Å². The Bertz CT molecular complexity index is 807. The molecule has 0 radical (unpaired) electrons. The van der Waals surface area contributed by atoms with Crippen LogP contribution in [0.1, 0.15) is 43.4 Å². The Morgan fingerprint density at radius 2 is 1.96 bits per heavy atom. The SMILES string of the molecule is CCCC1=NOC(C(=O)O)(C(OCc2ccccc2)c2ccc(Cl)cc2)C1. The van der Waals surface area contributed by atoms with Gasteiger partial charge in [0.1, 0.15) is 6.10 Å². The van der Waals surface area contributed by atoms with Gasteiger partial charge in [0.25, 0.3) is 5.60 Å². The highest BCUT2D eigenvalue weighted by molar-refractivity contribution is 6.30. The maximum atomic E-state index is 12.3. The van der Waals surface area contributed by atoms with Crippen molar-refractivity contribution in [1.82, 2.24) is 0 Å². The van der Waals surface area contributed by atoms with E-state index in [1.807, 2.05) is 37.3 Å². The molecule has 0 saturated heterocycles. The fraction of sp³-hybridized carbons (Fsp3) is 0.333. The first-order chi connectivity index (χ1) is 13.0. The number of hydrogen-bond acceptors (Lipinski definition) is 4. The molecule has 2 atom stereocenters. The average Bonchev–Trinajstić information content (AvgIpc) is 3.10. The molecule has 6 heteroatoms. The van der Waals surface area contributed by atoms with Gasteiger partial charge >= 0.3 is 5.97 Å². The molecule has 1 N–H and O–H groups in total. The third-order valence-electron chi connectivity index (χ3n) is 4.56. The number of nitrogens with zero attached hydrogens (tertiary/aromatic N) is 1. The second-order valence-corrected chi connectivity index (χ2v) is 7.03. The summed E-state index contributed by atoms with van der Waals surface area (Å²) in [5, 5.41) is 14.6. The largest absolute Gasteiger partial charge is 0.478 e. The maximum absolute atomic E-state index is 12.3. The predicted octanol–water partition coefficient (Wildman–Crippen LogP) is 5.00. The summed E-state index contributed by atoms with van der Waals surface area (Å²) < 4.78 is 6.11. The number of halogens is 1. The molecule has 142 valence electrons. The van der Waals surface area contributed by atoms with Gasteiger partial charge in [-0.2, -0.15) is 0 Å². The lowest BCUT2D eigenvalue weighted by Gasteiger charge is -2.31. The van der Waals surface area contributed by atoms with Crippen LogP contribution in [0.15, 0.2) is 59.8 Å². The molecule has 1 aliphatic heterocycles. The van der Waals surface area contributed by atoms with E-state index in [2.05, 4.69) is 5.16 Å². The molecule has 2 aromatic carbocycles. The highest BCUT2D eigenvalue weighted by Crippen LogP contribution is 2.41. The Hall–Kier alpha value is -2.37. The average molecular weight is 388 g/mol. The van der Waals surface area contributed by atoms with E-state index < -0.39 is 17.7 Å². The summed E-state index contributed by atoms with van der Waals surface area (Å²) in [5.74, 6) is -1.09. The Kier molecular flexibility index (Phi) is 6.14. The zero-order valence-electron chi connectivity index (χ0n) is 15.1. The fourth-order valence-electron chi connectivity index (χ4n) is 3.20. The van der Waals surface area contributed by atoms with Crippen LogP contribution in [0, 0.1) is 0 Å². The Morgan fingerprint density at radius 1 is 1.26 bits per heavy atom. The van der Waals surface area contributed by atoms with Crippen molar-refractivity contribution in [2.24, 2.45) is 5.16 Å². The monoisotopic (exact) mass is 387 g/mol. The van der Waals surface area contributed by atoms with Crippen LogP contribution in [-0.2, 0) is 21.0 Å². The molecule has 0 spiro atoms. The Balaban J connectivity index is 1.92. The highest BCUT2D eigenvalue weighted by Gasteiger charge is 2.54. The van der Waals surface area contributed by atoms with Crippen molar-refractivity contribution in [2.75, 3.05) is 0 Å². The first-order valence-corrected chi connectivity index (χ1v) is 9.31. The molecule has 0 aromatic heterocycles. The zero-order valence-corrected chi connectivity index (χ0v) is 15.9. The van der Waals surface area contributed by atoms with Crippen molar-refractivity contribution in [3.8, 4) is 0 Å². The second-order valence-electron chi connectivity index (χ2n) is 6.60. The summed E-state index contributed by atoms with van der Waals surface area (Å²) in [6.45, 7) is 2.28. The minimum atomic E-state index is -1.59. The number of oxime groups is 1. The van der Waals surface area contributed by atoms with Gasteiger partial charge < -0.3 is 14.7 Å². The van der Waals surface area contributed by atoms with Crippen LogP contribution in [-0.4, -0.2) is 22.4 Å². The number of carboxylic acid groups (broad SMARTS) is 1. The van der Waals surface area contributed by atoms with E-state index in [0.717, 1.165) is 17.7 Å². The quantitative estimate of drug-likeness (QED) is 0.692. The molecular formula is C21H22ClNO4. The van der Waals surface area contributed by atoms with E-state index in [4.69, 9.17) is 21.2 Å². The zero-order chi connectivity index (χ0) is 19.3. The van der Waals surface area contributed by atoms with E-state index in [9.17, 15) is 9.90 Å². The van der Waals surface area contributed by atoms with E-state index in [1.165, 1.54) is 0 Å². The molecule has 1 aliphatic rings. The third-order valence-corrected chi connectivity index (χ3v) is 4.81. The maximum Gasteiger partial charge on any atom is 0.354 e. The molecule has 1 heterocycles. The van der Waals surface area contributed by atoms with Crippen LogP contribution in [0.5, 0.6) is 0 Å². The lowest BCUT2D eigenvalue weighted by molar-refractivity contribution is -0.187. The summed E-state index contributed by atoms with van der Waals surface area (Å²) in [6.07, 6.45) is 0.929. The van der Waals surface area contributed by atoms with Gasteiger partial charge in [0, 0.05) is 11.4 Å². The summed E-state index contributed by atoms with van der Waals surface area (Å²) in [7, 11) is 0. The molecule has 5 nitrogen and oxygen atoms in total. The van der Waals surface area contributed by atoms with Crippen molar-refractivity contribution < 1.29 is 19.5 Å². The molecule has 3 rings (SSSR count). The number of carboxylic acids is 1. The smallest absolute Gasteiger partial charge is 0.354 e. The van der Waals surface area contributed by atoms with Gasteiger partial charge in [-0.3, -0.25) is 0 Å². The summed E-state index contributed by atoms with van der Waals surface area (Å²) in [6, 6.07) is 16.6. The molecule has 2 unspecified atom stereocenters. The third kappa shape index (κ3) is 4.31. The van der Waals surface area contributed by atoms with Crippen molar-refractivity contribution in [1.29, 1.82) is 0 Å². The normalized spacial score (nSPS) is 20.0. The number of carbonyl (C=O) groups is 1. The molecule has 0 saturated carbocycles. The van der Waals surface area contributed by atoms with Crippen LogP contribution in [0.4, 0.5) is 0 Å². The van der Waals surface area contributed by atoms with E-state index in [-0.39, 0.29) is 13.0 Å². The first-order valence-electron chi connectivity index (χ1n) is 8.93. The standard InChI is InChI=1S/C21H22ClNO4/c1-2-6-18-13-21(20(24)25,27-23-18)19(16-9-11-17(22)12-10-16)26-14-15-7-4-3-5-8-15/h3-5,7-12,19H,2,6,13-14H2,1H3,(H,24,25). The van der Waals surface area contributed by atoms with Crippen LogP contribution in [0.3, 0.4) is 0 Å². The van der Waals surface area contributed by atoms with Crippen molar-refractivity contribution in [2.45, 2.75) is 44.5 Å². The number of ether oxygens (including phenoxy) is 1.